The minimum atomic E-state index is 0.227. The zero-order valence-corrected chi connectivity index (χ0v) is 13.4. The summed E-state index contributed by atoms with van der Waals surface area (Å²) in [4.78, 5) is 7.64. The second-order valence-electron chi connectivity index (χ2n) is 7.37. The van der Waals surface area contributed by atoms with Crippen molar-refractivity contribution in [3.05, 3.63) is 0 Å². The monoisotopic (exact) mass is 268 g/mol. The van der Waals surface area contributed by atoms with Gasteiger partial charge in [-0.25, -0.2) is 0 Å². The third kappa shape index (κ3) is 2.82. The molecule has 0 aliphatic carbocycles. The van der Waals surface area contributed by atoms with Gasteiger partial charge in [0.25, 0.3) is 0 Å². The van der Waals surface area contributed by atoms with Crippen LogP contribution in [0.25, 0.3) is 0 Å². The van der Waals surface area contributed by atoms with Gasteiger partial charge in [-0.2, -0.15) is 0 Å². The lowest BCUT2D eigenvalue weighted by Gasteiger charge is -2.56. The van der Waals surface area contributed by atoms with Crippen LogP contribution in [0, 0.1) is 0 Å². The zero-order valence-electron chi connectivity index (χ0n) is 13.4. The zero-order chi connectivity index (χ0) is 14.3. The van der Waals surface area contributed by atoms with Crippen molar-refractivity contribution in [2.75, 3.05) is 46.8 Å². The molecule has 2 rings (SSSR count). The van der Waals surface area contributed by atoms with E-state index in [0.717, 1.165) is 26.2 Å². The minimum Gasteiger partial charge on any atom is -0.329 e. The lowest BCUT2D eigenvalue weighted by molar-refractivity contribution is -0.0542. The summed E-state index contributed by atoms with van der Waals surface area (Å²) in [6, 6.07) is 0.639. The first-order valence-electron chi connectivity index (χ1n) is 7.67. The third-order valence-electron chi connectivity index (χ3n) is 5.72. The molecule has 4 heteroatoms. The topological polar surface area (TPSA) is 35.7 Å². The highest BCUT2D eigenvalue weighted by atomic mass is 15.3. The standard InChI is InChI=1S/C15H32N4/c1-13-10-15(11-16,6-7-17(13)4)19-9-8-18(5)14(2,3)12-19/h13H,6-12,16H2,1-5H3. The van der Waals surface area contributed by atoms with Crippen LogP contribution in [0.15, 0.2) is 0 Å². The van der Waals surface area contributed by atoms with Crippen molar-refractivity contribution in [3.8, 4) is 0 Å². The van der Waals surface area contributed by atoms with Crippen molar-refractivity contribution in [1.82, 2.24) is 14.7 Å². The molecular weight excluding hydrogens is 236 g/mol. The number of hydrogen-bond acceptors (Lipinski definition) is 4. The van der Waals surface area contributed by atoms with Crippen molar-refractivity contribution in [3.63, 3.8) is 0 Å². The van der Waals surface area contributed by atoms with Gasteiger partial charge in [-0.05, 0) is 54.3 Å². The third-order valence-corrected chi connectivity index (χ3v) is 5.72. The van der Waals surface area contributed by atoms with E-state index >= 15 is 0 Å². The summed E-state index contributed by atoms with van der Waals surface area (Å²) in [7, 11) is 4.47. The smallest absolute Gasteiger partial charge is 0.0359 e. The quantitative estimate of drug-likeness (QED) is 0.804. The first-order chi connectivity index (χ1) is 8.81. The van der Waals surface area contributed by atoms with Crippen LogP contribution >= 0.6 is 0 Å². The number of piperidine rings is 1. The van der Waals surface area contributed by atoms with Crippen LogP contribution in [0.3, 0.4) is 0 Å². The summed E-state index contributed by atoms with van der Waals surface area (Å²) in [5, 5.41) is 0. The Morgan fingerprint density at radius 2 is 1.84 bits per heavy atom. The first-order valence-corrected chi connectivity index (χ1v) is 7.67. The molecule has 112 valence electrons. The largest absolute Gasteiger partial charge is 0.329 e. The van der Waals surface area contributed by atoms with Gasteiger partial charge in [0.1, 0.15) is 0 Å². The SMILES string of the molecule is CC1CC(CN)(N2CCN(C)C(C)(C)C2)CCN1C. The lowest BCUT2D eigenvalue weighted by atomic mass is 9.80. The Labute approximate surface area is 118 Å². The summed E-state index contributed by atoms with van der Waals surface area (Å²) in [5.74, 6) is 0. The molecule has 2 saturated heterocycles. The second kappa shape index (κ2) is 5.32. The number of nitrogens with zero attached hydrogens (tertiary/aromatic N) is 3. The number of likely N-dealkylation sites (N-methyl/N-ethyl adjacent to an activating group) is 1. The summed E-state index contributed by atoms with van der Waals surface area (Å²) in [6.45, 7) is 12.5. The van der Waals surface area contributed by atoms with Gasteiger partial charge in [-0.1, -0.05) is 0 Å². The predicted octanol–water partition coefficient (Wildman–Crippen LogP) is 0.824. The van der Waals surface area contributed by atoms with Crippen molar-refractivity contribution < 1.29 is 0 Å². The van der Waals surface area contributed by atoms with E-state index < -0.39 is 0 Å². The average Bonchev–Trinajstić information content (AvgIpc) is 2.36. The number of piperazine rings is 1. The minimum absolute atomic E-state index is 0.227. The van der Waals surface area contributed by atoms with E-state index in [0.29, 0.717) is 6.04 Å². The highest BCUT2D eigenvalue weighted by Crippen LogP contribution is 2.34. The normalized spacial score (nSPS) is 38.5. The van der Waals surface area contributed by atoms with E-state index in [1.165, 1.54) is 19.4 Å². The molecule has 0 saturated carbocycles. The number of likely N-dealkylation sites (tertiary alicyclic amines) is 1. The molecule has 2 aliphatic rings. The van der Waals surface area contributed by atoms with Crippen molar-refractivity contribution in [2.45, 2.75) is 50.7 Å². The van der Waals surface area contributed by atoms with Crippen LogP contribution in [0.5, 0.6) is 0 Å². The fourth-order valence-electron chi connectivity index (χ4n) is 3.66. The van der Waals surface area contributed by atoms with Crippen LogP contribution in [0.1, 0.15) is 33.6 Å². The number of rotatable bonds is 2. The Bertz CT molecular complexity index is 317. The van der Waals surface area contributed by atoms with Gasteiger partial charge in [0.2, 0.25) is 0 Å². The Hall–Kier alpha value is -0.160. The Morgan fingerprint density at radius 3 is 2.37 bits per heavy atom. The van der Waals surface area contributed by atoms with E-state index in [4.69, 9.17) is 5.73 Å². The lowest BCUT2D eigenvalue weighted by Crippen LogP contribution is -2.68. The molecule has 2 unspecified atom stereocenters. The maximum absolute atomic E-state index is 6.23. The Balaban J connectivity index is 2.14. The van der Waals surface area contributed by atoms with Crippen molar-refractivity contribution >= 4 is 0 Å². The fourth-order valence-corrected chi connectivity index (χ4v) is 3.66. The molecule has 0 aromatic rings. The van der Waals surface area contributed by atoms with Crippen LogP contribution in [0.4, 0.5) is 0 Å². The van der Waals surface area contributed by atoms with Gasteiger partial charge in [-0.15, -0.1) is 0 Å². The van der Waals surface area contributed by atoms with Crippen molar-refractivity contribution in [1.29, 1.82) is 0 Å². The van der Waals surface area contributed by atoms with Gasteiger partial charge >= 0.3 is 0 Å². The molecule has 2 aliphatic heterocycles. The highest BCUT2D eigenvalue weighted by molar-refractivity contribution is 5.02. The summed E-state index contributed by atoms with van der Waals surface area (Å²) in [5.41, 5.74) is 6.71. The molecule has 2 heterocycles. The molecule has 2 atom stereocenters. The molecule has 4 nitrogen and oxygen atoms in total. The average molecular weight is 268 g/mol. The van der Waals surface area contributed by atoms with E-state index in [9.17, 15) is 0 Å². The first kappa shape index (κ1) is 15.2. The molecular formula is C15H32N4. The van der Waals surface area contributed by atoms with Gasteiger partial charge in [0, 0.05) is 43.3 Å². The summed E-state index contributed by atoms with van der Waals surface area (Å²) in [6.07, 6.45) is 2.42. The van der Waals surface area contributed by atoms with Crippen LogP contribution in [0.2, 0.25) is 0 Å². The molecule has 2 fully saturated rings. The Morgan fingerprint density at radius 1 is 1.16 bits per heavy atom. The molecule has 2 N–H and O–H groups in total. The molecule has 0 aromatic carbocycles. The molecule has 0 spiro atoms. The van der Waals surface area contributed by atoms with Gasteiger partial charge in [0.05, 0.1) is 0 Å². The maximum Gasteiger partial charge on any atom is 0.0359 e. The number of hydrogen-bond donors (Lipinski definition) is 1. The maximum atomic E-state index is 6.23. The summed E-state index contributed by atoms with van der Waals surface area (Å²) >= 11 is 0. The van der Waals surface area contributed by atoms with E-state index in [2.05, 4.69) is 49.6 Å². The summed E-state index contributed by atoms with van der Waals surface area (Å²) < 4.78 is 0. The van der Waals surface area contributed by atoms with Gasteiger partial charge in [0.15, 0.2) is 0 Å². The molecule has 0 bridgehead atoms. The second-order valence-corrected chi connectivity index (χ2v) is 7.37. The molecule has 19 heavy (non-hydrogen) atoms. The molecule has 0 aromatic heterocycles. The Kier molecular flexibility index (Phi) is 4.26. The van der Waals surface area contributed by atoms with E-state index in [1.807, 2.05) is 0 Å². The number of nitrogens with two attached hydrogens (primary N) is 1. The van der Waals surface area contributed by atoms with Crippen LogP contribution in [-0.4, -0.2) is 78.6 Å². The van der Waals surface area contributed by atoms with Gasteiger partial charge in [-0.3, -0.25) is 9.80 Å². The van der Waals surface area contributed by atoms with Crippen LogP contribution < -0.4 is 5.73 Å². The van der Waals surface area contributed by atoms with Gasteiger partial charge < -0.3 is 10.6 Å². The van der Waals surface area contributed by atoms with Crippen LogP contribution in [-0.2, 0) is 0 Å². The van der Waals surface area contributed by atoms with E-state index in [1.54, 1.807) is 0 Å². The predicted molar refractivity (Wildman–Crippen MR) is 81.4 cm³/mol. The molecule has 0 amide bonds. The highest BCUT2D eigenvalue weighted by Gasteiger charge is 2.44. The fraction of sp³-hybridized carbons (Fsp3) is 1.00. The van der Waals surface area contributed by atoms with Crippen molar-refractivity contribution in [2.24, 2.45) is 5.73 Å². The van der Waals surface area contributed by atoms with E-state index in [-0.39, 0.29) is 11.1 Å². The molecule has 0 radical (unpaired) electrons.